The zero-order valence-electron chi connectivity index (χ0n) is 7.14. The molecule has 0 aliphatic rings. The minimum absolute atomic E-state index is 0.249. The zero-order chi connectivity index (χ0) is 10.6. The number of ether oxygens (including phenoxy) is 1. The van der Waals surface area contributed by atoms with E-state index >= 15 is 0 Å². The Morgan fingerprint density at radius 1 is 1.43 bits per heavy atom. The van der Waals surface area contributed by atoms with Crippen molar-refractivity contribution in [1.82, 2.24) is 0 Å². The molecule has 0 atom stereocenters. The first-order valence-electron chi connectivity index (χ1n) is 3.80. The summed E-state index contributed by atoms with van der Waals surface area (Å²) in [6, 6.07) is 3.65. The number of terminal acetylenes is 1. The zero-order valence-corrected chi connectivity index (χ0v) is 7.14. The molecule has 0 aliphatic carbocycles. The van der Waals surface area contributed by atoms with Crippen molar-refractivity contribution in [3.63, 3.8) is 0 Å². The van der Waals surface area contributed by atoms with Crippen molar-refractivity contribution in [3.8, 4) is 18.1 Å². The maximum atomic E-state index is 12.9. The average Bonchev–Trinajstić information content (AvgIpc) is 2.16. The third-order valence-electron chi connectivity index (χ3n) is 1.46. The first kappa shape index (κ1) is 10.5. The number of halogens is 3. The van der Waals surface area contributed by atoms with Crippen molar-refractivity contribution in [1.29, 1.82) is 0 Å². The minimum atomic E-state index is -2.64. The van der Waals surface area contributed by atoms with Crippen molar-refractivity contribution in [2.75, 3.05) is 6.61 Å². The van der Waals surface area contributed by atoms with Gasteiger partial charge in [0.2, 0.25) is 0 Å². The summed E-state index contributed by atoms with van der Waals surface area (Å²) in [6.45, 7) is -0.842. The molecule has 0 saturated carbocycles. The molecule has 0 spiro atoms. The molecule has 1 nitrogen and oxygen atoms in total. The third-order valence-corrected chi connectivity index (χ3v) is 1.46. The van der Waals surface area contributed by atoms with E-state index < -0.39 is 18.8 Å². The molecular formula is C10H7F3O. The van der Waals surface area contributed by atoms with Gasteiger partial charge in [-0.15, -0.1) is 6.42 Å². The third kappa shape index (κ3) is 2.70. The molecule has 74 valence electrons. The highest BCUT2D eigenvalue weighted by Crippen LogP contribution is 2.18. The van der Waals surface area contributed by atoms with Gasteiger partial charge in [-0.05, 0) is 18.2 Å². The van der Waals surface area contributed by atoms with Gasteiger partial charge in [-0.3, -0.25) is 0 Å². The summed E-state index contributed by atoms with van der Waals surface area (Å²) >= 11 is 0. The molecule has 14 heavy (non-hydrogen) atoms. The number of rotatable bonds is 3. The van der Waals surface area contributed by atoms with Crippen molar-refractivity contribution < 1.29 is 17.9 Å². The fraction of sp³-hybridized carbons (Fsp3) is 0.200. The minimum Gasteiger partial charge on any atom is -0.485 e. The van der Waals surface area contributed by atoms with Crippen LogP contribution in [0.5, 0.6) is 5.75 Å². The molecule has 0 heterocycles. The fourth-order valence-electron chi connectivity index (χ4n) is 0.857. The van der Waals surface area contributed by atoms with Crippen LogP contribution >= 0.6 is 0 Å². The van der Waals surface area contributed by atoms with E-state index in [0.29, 0.717) is 5.56 Å². The quantitative estimate of drug-likeness (QED) is 0.681. The van der Waals surface area contributed by atoms with Crippen LogP contribution in [-0.4, -0.2) is 13.0 Å². The largest absolute Gasteiger partial charge is 0.485 e. The molecular weight excluding hydrogens is 193 g/mol. The second-order valence-electron chi connectivity index (χ2n) is 2.49. The number of hydrogen-bond acceptors (Lipinski definition) is 1. The number of hydrogen-bond donors (Lipinski definition) is 0. The molecule has 1 aromatic carbocycles. The first-order valence-corrected chi connectivity index (χ1v) is 3.80. The van der Waals surface area contributed by atoms with Crippen molar-refractivity contribution in [2.45, 2.75) is 6.43 Å². The summed E-state index contributed by atoms with van der Waals surface area (Å²) < 4.78 is 40.9. The normalized spacial score (nSPS) is 9.93. The topological polar surface area (TPSA) is 9.23 Å². The Kier molecular flexibility index (Phi) is 3.41. The summed E-state index contributed by atoms with van der Waals surface area (Å²) in [5.74, 6) is 1.29. The highest BCUT2D eigenvalue weighted by molar-refractivity contribution is 5.39. The summed E-state index contributed by atoms with van der Waals surface area (Å²) in [7, 11) is 0. The van der Waals surface area contributed by atoms with Gasteiger partial charge in [0.15, 0.2) is 11.6 Å². The number of benzene rings is 1. The molecule has 0 saturated heterocycles. The predicted octanol–water partition coefficient (Wildman–Crippen LogP) is 2.45. The van der Waals surface area contributed by atoms with Crippen LogP contribution in [0.4, 0.5) is 13.2 Å². The molecule has 0 radical (unpaired) electrons. The smallest absolute Gasteiger partial charge is 0.272 e. The average molecular weight is 200 g/mol. The van der Waals surface area contributed by atoms with Gasteiger partial charge < -0.3 is 4.74 Å². The van der Waals surface area contributed by atoms with Gasteiger partial charge in [-0.25, -0.2) is 13.2 Å². The first-order chi connectivity index (χ1) is 6.63. The van der Waals surface area contributed by atoms with Crippen LogP contribution in [0.2, 0.25) is 0 Å². The molecule has 0 unspecified atom stereocenters. The summed E-state index contributed by atoms with van der Waals surface area (Å²) in [5, 5.41) is 0. The fourth-order valence-corrected chi connectivity index (χ4v) is 0.857. The number of alkyl halides is 2. The summed E-state index contributed by atoms with van der Waals surface area (Å²) in [4.78, 5) is 0. The maximum absolute atomic E-state index is 12.9. The lowest BCUT2D eigenvalue weighted by molar-refractivity contribution is 0.0799. The lowest BCUT2D eigenvalue weighted by Gasteiger charge is -2.06. The monoisotopic (exact) mass is 200 g/mol. The molecule has 0 aliphatic heterocycles. The van der Waals surface area contributed by atoms with Crippen molar-refractivity contribution in [3.05, 3.63) is 29.6 Å². The van der Waals surface area contributed by atoms with Gasteiger partial charge >= 0.3 is 0 Å². The second kappa shape index (κ2) is 4.56. The Morgan fingerprint density at radius 3 is 2.71 bits per heavy atom. The van der Waals surface area contributed by atoms with Crippen molar-refractivity contribution in [2.24, 2.45) is 0 Å². The second-order valence-corrected chi connectivity index (χ2v) is 2.49. The Labute approximate surface area is 79.5 Å². The lowest BCUT2D eigenvalue weighted by atomic mass is 10.2. The van der Waals surface area contributed by atoms with Gasteiger partial charge in [0.25, 0.3) is 6.43 Å². The van der Waals surface area contributed by atoms with Gasteiger partial charge in [-0.1, -0.05) is 5.92 Å². The lowest BCUT2D eigenvalue weighted by Crippen LogP contribution is -2.08. The molecule has 0 aromatic heterocycles. The molecule has 0 N–H and O–H groups in total. The standard InChI is InChI=1S/C10H7F3O/c1-2-7-3-4-8(11)9(5-7)14-6-10(12)13/h1,3-5,10H,6H2. The van der Waals surface area contributed by atoms with Crippen LogP contribution < -0.4 is 4.74 Å². The van der Waals surface area contributed by atoms with Crippen LogP contribution in [0, 0.1) is 18.2 Å². The molecule has 4 heteroatoms. The van der Waals surface area contributed by atoms with Gasteiger partial charge in [0.1, 0.15) is 6.61 Å². The van der Waals surface area contributed by atoms with Crippen LogP contribution in [0.25, 0.3) is 0 Å². The highest BCUT2D eigenvalue weighted by Gasteiger charge is 2.07. The van der Waals surface area contributed by atoms with E-state index in [-0.39, 0.29) is 5.75 Å². The molecule has 1 aromatic rings. The Balaban J connectivity index is 2.80. The van der Waals surface area contributed by atoms with Crippen LogP contribution in [0.15, 0.2) is 18.2 Å². The van der Waals surface area contributed by atoms with Gasteiger partial charge in [0, 0.05) is 5.56 Å². The Morgan fingerprint density at radius 2 is 2.14 bits per heavy atom. The van der Waals surface area contributed by atoms with E-state index in [1.807, 2.05) is 0 Å². The van der Waals surface area contributed by atoms with Crippen molar-refractivity contribution >= 4 is 0 Å². The summed E-state index contributed by atoms with van der Waals surface area (Å²) in [5.41, 5.74) is 0.385. The molecule has 0 bridgehead atoms. The van der Waals surface area contributed by atoms with Gasteiger partial charge in [-0.2, -0.15) is 0 Å². The van der Waals surface area contributed by atoms with Crippen LogP contribution in [0.3, 0.4) is 0 Å². The van der Waals surface area contributed by atoms with E-state index in [9.17, 15) is 13.2 Å². The highest BCUT2D eigenvalue weighted by atomic mass is 19.3. The van der Waals surface area contributed by atoms with E-state index in [4.69, 9.17) is 6.42 Å². The van der Waals surface area contributed by atoms with E-state index in [1.165, 1.54) is 12.1 Å². The predicted molar refractivity (Wildman–Crippen MR) is 45.8 cm³/mol. The summed E-state index contributed by atoms with van der Waals surface area (Å²) in [6.07, 6.45) is 2.41. The van der Waals surface area contributed by atoms with Crippen LogP contribution in [-0.2, 0) is 0 Å². The van der Waals surface area contributed by atoms with E-state index in [1.54, 1.807) is 0 Å². The Bertz CT molecular complexity index is 355. The SMILES string of the molecule is C#Cc1ccc(F)c(OCC(F)F)c1. The molecule has 0 amide bonds. The molecule has 0 fully saturated rings. The Hall–Kier alpha value is -1.63. The maximum Gasteiger partial charge on any atom is 0.272 e. The van der Waals surface area contributed by atoms with E-state index in [2.05, 4.69) is 10.7 Å². The molecule has 1 rings (SSSR count). The van der Waals surface area contributed by atoms with Gasteiger partial charge in [0.05, 0.1) is 0 Å². The van der Waals surface area contributed by atoms with Crippen LogP contribution in [0.1, 0.15) is 5.56 Å². The van der Waals surface area contributed by atoms with E-state index in [0.717, 1.165) is 6.07 Å².